The van der Waals surface area contributed by atoms with Gasteiger partial charge in [-0.1, -0.05) is 30.0 Å². The number of allylic oxidation sites excluding steroid dienone is 5. The number of hydrogen-bond donors (Lipinski definition) is 0. The number of hydrogen-bond acceptors (Lipinski definition) is 0. The molecule has 0 saturated carbocycles. The molecule has 0 bridgehead atoms. The Morgan fingerprint density at radius 1 is 1.22 bits per heavy atom. The van der Waals surface area contributed by atoms with Crippen molar-refractivity contribution in [2.75, 3.05) is 0 Å². The van der Waals surface area contributed by atoms with Crippen molar-refractivity contribution in [3.8, 4) is 0 Å². The molecule has 0 aromatic heterocycles. The predicted octanol–water partition coefficient (Wildman–Crippen LogP) is 2.76. The zero-order chi connectivity index (χ0) is 6.95. The highest BCUT2D eigenvalue weighted by Gasteiger charge is 1.56. The van der Waals surface area contributed by atoms with Crippen LogP contribution < -0.4 is 0 Å². The van der Waals surface area contributed by atoms with Gasteiger partial charge in [0.2, 0.25) is 0 Å². The Morgan fingerprint density at radius 3 is 2.56 bits per heavy atom. The molecule has 0 nitrogen and oxygen atoms in total. The molecule has 0 amide bonds. The third-order valence-electron chi connectivity index (χ3n) is 0.670. The van der Waals surface area contributed by atoms with Gasteiger partial charge in [0.15, 0.2) is 0 Å². The Kier molecular flexibility index (Phi) is 6.11. The van der Waals surface area contributed by atoms with Crippen molar-refractivity contribution in [2.45, 2.75) is 6.92 Å². The summed E-state index contributed by atoms with van der Waals surface area (Å²) >= 11 is 0. The first-order valence-electron chi connectivity index (χ1n) is 2.71. The summed E-state index contributed by atoms with van der Waals surface area (Å²) in [5.41, 5.74) is 2.27. The van der Waals surface area contributed by atoms with Crippen LogP contribution in [0.15, 0.2) is 42.4 Å². The van der Waals surface area contributed by atoms with E-state index in [0.29, 0.717) is 6.33 Å². The first-order valence-corrected chi connectivity index (χ1v) is 2.71. The Hall–Kier alpha value is -1.07. The van der Waals surface area contributed by atoms with E-state index in [9.17, 15) is 4.39 Å². The highest BCUT2D eigenvalue weighted by atomic mass is 19.1. The van der Waals surface area contributed by atoms with Crippen LogP contribution in [0.3, 0.4) is 0 Å². The Morgan fingerprint density at radius 2 is 2.00 bits per heavy atom. The first kappa shape index (κ1) is 7.93. The van der Waals surface area contributed by atoms with E-state index in [1.54, 1.807) is 12.2 Å². The Bertz CT molecular complexity index is 157. The zero-order valence-corrected chi connectivity index (χ0v) is 5.34. The van der Waals surface area contributed by atoms with Crippen molar-refractivity contribution in [1.82, 2.24) is 0 Å². The molecule has 0 fully saturated rings. The molecular formula is C8H9F. The molecule has 0 unspecified atom stereocenters. The van der Waals surface area contributed by atoms with Gasteiger partial charge in [0.25, 0.3) is 0 Å². The minimum atomic E-state index is 0.375. The third-order valence-corrected chi connectivity index (χ3v) is 0.670. The lowest BCUT2D eigenvalue weighted by atomic mass is 10.4. The summed E-state index contributed by atoms with van der Waals surface area (Å²) in [5, 5.41) is 0. The third kappa shape index (κ3) is 6.93. The van der Waals surface area contributed by atoms with Crippen molar-refractivity contribution in [1.29, 1.82) is 0 Å². The topological polar surface area (TPSA) is 0 Å². The molecule has 0 heterocycles. The molecule has 0 saturated heterocycles. The van der Waals surface area contributed by atoms with Gasteiger partial charge in [0.1, 0.15) is 6.33 Å². The van der Waals surface area contributed by atoms with E-state index in [-0.39, 0.29) is 0 Å². The predicted molar refractivity (Wildman–Crippen MR) is 37.7 cm³/mol. The molecule has 0 radical (unpaired) electrons. The summed E-state index contributed by atoms with van der Waals surface area (Å²) in [7, 11) is 0. The Balaban J connectivity index is 3.60. The number of halogens is 1. The van der Waals surface area contributed by atoms with Crippen LogP contribution in [0.4, 0.5) is 4.39 Å². The summed E-state index contributed by atoms with van der Waals surface area (Å²) in [4.78, 5) is 0. The number of rotatable bonds is 2. The lowest BCUT2D eigenvalue weighted by molar-refractivity contribution is 0.723. The van der Waals surface area contributed by atoms with Gasteiger partial charge in [0.05, 0.1) is 0 Å². The highest BCUT2D eigenvalue weighted by molar-refractivity contribution is 5.09. The molecule has 0 N–H and O–H groups in total. The van der Waals surface area contributed by atoms with Crippen LogP contribution in [0.2, 0.25) is 0 Å². The van der Waals surface area contributed by atoms with E-state index < -0.39 is 0 Å². The van der Waals surface area contributed by atoms with Crippen molar-refractivity contribution in [3.05, 3.63) is 42.4 Å². The average molecular weight is 124 g/mol. The summed E-state index contributed by atoms with van der Waals surface area (Å²) in [6.45, 7) is 1.92. The van der Waals surface area contributed by atoms with E-state index in [4.69, 9.17) is 0 Å². The van der Waals surface area contributed by atoms with Gasteiger partial charge in [-0.3, -0.25) is 0 Å². The van der Waals surface area contributed by atoms with Crippen molar-refractivity contribution in [3.63, 3.8) is 0 Å². The van der Waals surface area contributed by atoms with Gasteiger partial charge in [0, 0.05) is 0 Å². The van der Waals surface area contributed by atoms with Crippen molar-refractivity contribution in [2.24, 2.45) is 0 Å². The molecule has 0 aliphatic carbocycles. The van der Waals surface area contributed by atoms with Gasteiger partial charge in [-0.15, -0.1) is 0 Å². The molecule has 9 heavy (non-hydrogen) atoms. The normalized spacial score (nSPS) is 10.0. The van der Waals surface area contributed by atoms with Crippen molar-refractivity contribution >= 4 is 0 Å². The van der Waals surface area contributed by atoms with Crippen LogP contribution in [0.5, 0.6) is 0 Å². The van der Waals surface area contributed by atoms with Crippen LogP contribution in [0, 0.1) is 0 Å². The molecule has 0 rings (SSSR count). The Labute approximate surface area is 54.7 Å². The maximum absolute atomic E-state index is 11.2. The summed E-state index contributed by atoms with van der Waals surface area (Å²) in [5.74, 6) is 0. The minimum absolute atomic E-state index is 0.375. The summed E-state index contributed by atoms with van der Waals surface area (Å²) < 4.78 is 11.2. The maximum Gasteiger partial charge on any atom is 0.129 e. The van der Waals surface area contributed by atoms with Crippen LogP contribution in [0.25, 0.3) is 0 Å². The second-order valence-electron chi connectivity index (χ2n) is 1.35. The molecule has 48 valence electrons. The molecule has 0 aliphatic heterocycles. The molecule has 1 heteroatoms. The van der Waals surface area contributed by atoms with E-state index in [1.165, 1.54) is 6.08 Å². The fourth-order valence-electron chi connectivity index (χ4n) is 0.323. The van der Waals surface area contributed by atoms with Crippen LogP contribution in [0.1, 0.15) is 6.92 Å². The van der Waals surface area contributed by atoms with Gasteiger partial charge < -0.3 is 0 Å². The molecule has 0 aromatic carbocycles. The summed E-state index contributed by atoms with van der Waals surface area (Å²) in [6.07, 6.45) is 9.13. The largest absolute Gasteiger partial charge is 0.206 e. The smallest absolute Gasteiger partial charge is 0.129 e. The van der Waals surface area contributed by atoms with Gasteiger partial charge >= 0.3 is 0 Å². The van der Waals surface area contributed by atoms with E-state index in [0.717, 1.165) is 0 Å². The quantitative estimate of drug-likeness (QED) is 0.392. The van der Waals surface area contributed by atoms with Crippen LogP contribution >= 0.6 is 0 Å². The standard InChI is InChI=1S/C8H9F/c1-2-3-4-5-6-7-8-9/h2-6,8H,1H3/b3-2-,5-4-. The minimum Gasteiger partial charge on any atom is -0.206 e. The van der Waals surface area contributed by atoms with Crippen LogP contribution in [-0.2, 0) is 0 Å². The first-order chi connectivity index (χ1) is 4.41. The highest BCUT2D eigenvalue weighted by Crippen LogP contribution is 1.77. The molecular weight excluding hydrogens is 115 g/mol. The average Bonchev–Trinajstić information content (AvgIpc) is 1.89. The fraction of sp³-hybridized carbons (Fsp3) is 0.125. The second-order valence-corrected chi connectivity index (χ2v) is 1.35. The zero-order valence-electron chi connectivity index (χ0n) is 5.34. The van der Waals surface area contributed by atoms with E-state index in [2.05, 4.69) is 5.73 Å². The fourth-order valence-corrected chi connectivity index (χ4v) is 0.323. The van der Waals surface area contributed by atoms with Crippen molar-refractivity contribution < 1.29 is 4.39 Å². The lowest BCUT2D eigenvalue weighted by Gasteiger charge is -1.66. The second kappa shape index (κ2) is 6.93. The molecule has 0 spiro atoms. The molecule has 0 aromatic rings. The maximum atomic E-state index is 11.2. The van der Waals surface area contributed by atoms with Gasteiger partial charge in [-0.25, -0.2) is 4.39 Å². The summed E-state index contributed by atoms with van der Waals surface area (Å²) in [6, 6.07) is 0. The van der Waals surface area contributed by atoms with E-state index in [1.807, 2.05) is 19.1 Å². The molecule has 0 aliphatic rings. The lowest BCUT2D eigenvalue weighted by Crippen LogP contribution is -1.44. The molecule has 0 atom stereocenters. The van der Waals surface area contributed by atoms with Gasteiger partial charge in [-0.05, 0) is 13.0 Å². The SMILES string of the molecule is C/C=C\C=C/C=C=CF. The van der Waals surface area contributed by atoms with Crippen LogP contribution in [-0.4, -0.2) is 0 Å². The van der Waals surface area contributed by atoms with E-state index >= 15 is 0 Å². The monoisotopic (exact) mass is 124 g/mol. The van der Waals surface area contributed by atoms with Gasteiger partial charge in [-0.2, -0.15) is 0 Å².